The van der Waals surface area contributed by atoms with Gasteiger partial charge in [-0.05, 0) is 42.4 Å². The zero-order valence-corrected chi connectivity index (χ0v) is 12.2. The van der Waals surface area contributed by atoms with E-state index in [4.69, 9.17) is 0 Å². The van der Waals surface area contributed by atoms with E-state index in [1.54, 1.807) is 12.1 Å². The molecule has 0 radical (unpaired) electrons. The summed E-state index contributed by atoms with van der Waals surface area (Å²) in [4.78, 5) is 10.9. The zero-order valence-electron chi connectivity index (χ0n) is 12.2. The molecule has 0 spiro atoms. The second kappa shape index (κ2) is 6.29. The lowest BCUT2D eigenvalue weighted by Gasteiger charge is -2.38. The number of phenolic OH excluding ortho intramolecular Hbond substituents is 2. The predicted octanol–water partition coefficient (Wildman–Crippen LogP) is 4.30. The Morgan fingerprint density at radius 1 is 1.15 bits per heavy atom. The minimum atomic E-state index is -0.101. The van der Waals surface area contributed by atoms with Crippen LogP contribution in [-0.4, -0.2) is 16.5 Å². The minimum absolute atomic E-state index is 0.00444. The molecule has 0 saturated heterocycles. The van der Waals surface area contributed by atoms with E-state index in [0.717, 1.165) is 37.7 Å². The van der Waals surface area contributed by atoms with Gasteiger partial charge in [0.2, 0.25) is 0 Å². The summed E-state index contributed by atoms with van der Waals surface area (Å²) in [6.45, 7) is 2.18. The summed E-state index contributed by atoms with van der Waals surface area (Å²) in [5, 5.41) is 19.9. The number of hydrogen-bond donors (Lipinski definition) is 2. The molecule has 1 aromatic carbocycles. The summed E-state index contributed by atoms with van der Waals surface area (Å²) in [7, 11) is 0. The van der Waals surface area contributed by atoms with Gasteiger partial charge in [0.25, 0.3) is 0 Å². The number of phenols is 2. The summed E-state index contributed by atoms with van der Waals surface area (Å²) >= 11 is 0. The average Bonchev–Trinajstić information content (AvgIpc) is 2.46. The van der Waals surface area contributed by atoms with Crippen molar-refractivity contribution in [1.29, 1.82) is 0 Å². The molecule has 1 aromatic rings. The Balaban J connectivity index is 2.40. The van der Waals surface area contributed by atoms with E-state index >= 15 is 0 Å². The van der Waals surface area contributed by atoms with E-state index in [0.29, 0.717) is 6.29 Å². The van der Waals surface area contributed by atoms with Crippen molar-refractivity contribution in [3.05, 3.63) is 23.3 Å². The van der Waals surface area contributed by atoms with Crippen LogP contribution in [0.25, 0.3) is 0 Å². The smallest absolute Gasteiger partial charge is 0.157 e. The highest BCUT2D eigenvalue weighted by atomic mass is 16.3. The summed E-state index contributed by atoms with van der Waals surface area (Å²) in [6.07, 6.45) is 9.75. The number of carbonyl (C=O) groups is 1. The van der Waals surface area contributed by atoms with Crippen molar-refractivity contribution in [1.82, 2.24) is 0 Å². The van der Waals surface area contributed by atoms with Crippen LogP contribution >= 0.6 is 0 Å². The quantitative estimate of drug-likeness (QED) is 0.788. The Labute approximate surface area is 120 Å². The van der Waals surface area contributed by atoms with Gasteiger partial charge in [-0.1, -0.05) is 39.0 Å². The topological polar surface area (TPSA) is 57.5 Å². The zero-order chi connectivity index (χ0) is 14.6. The molecule has 1 aliphatic carbocycles. The summed E-state index contributed by atoms with van der Waals surface area (Å²) < 4.78 is 0. The molecule has 2 N–H and O–H groups in total. The fraction of sp³-hybridized carbons (Fsp3) is 0.588. The van der Waals surface area contributed by atoms with E-state index in [1.165, 1.54) is 19.3 Å². The Kier molecular flexibility index (Phi) is 4.69. The fourth-order valence-corrected chi connectivity index (χ4v) is 3.48. The first-order valence-corrected chi connectivity index (χ1v) is 7.64. The Hall–Kier alpha value is -1.51. The van der Waals surface area contributed by atoms with Crippen molar-refractivity contribution in [3.63, 3.8) is 0 Å². The fourth-order valence-electron chi connectivity index (χ4n) is 3.48. The summed E-state index contributed by atoms with van der Waals surface area (Å²) in [6, 6.07) is 3.37. The SMILES string of the molecule is CCCCC1(c2cc(O)c(C=O)c(O)c2)CCCCC1. The van der Waals surface area contributed by atoms with Crippen molar-refractivity contribution in [2.75, 3.05) is 0 Å². The maximum Gasteiger partial charge on any atom is 0.157 e. The molecule has 1 fully saturated rings. The molecule has 20 heavy (non-hydrogen) atoms. The maximum atomic E-state index is 10.9. The first-order valence-electron chi connectivity index (χ1n) is 7.64. The van der Waals surface area contributed by atoms with Crippen LogP contribution in [0, 0.1) is 0 Å². The monoisotopic (exact) mass is 276 g/mol. The third-order valence-corrected chi connectivity index (χ3v) is 4.69. The molecule has 0 aliphatic heterocycles. The molecular weight excluding hydrogens is 252 g/mol. The van der Waals surface area contributed by atoms with Gasteiger partial charge in [0.05, 0.1) is 5.56 Å². The van der Waals surface area contributed by atoms with Crippen molar-refractivity contribution in [2.24, 2.45) is 0 Å². The number of benzene rings is 1. The summed E-state index contributed by atoms with van der Waals surface area (Å²) in [5.74, 6) is -0.201. The molecule has 0 heterocycles. The van der Waals surface area contributed by atoms with Crippen LogP contribution < -0.4 is 0 Å². The van der Waals surface area contributed by atoms with Crippen LogP contribution in [0.1, 0.15) is 74.2 Å². The highest BCUT2D eigenvalue weighted by Crippen LogP contribution is 2.45. The number of aromatic hydroxyl groups is 2. The minimum Gasteiger partial charge on any atom is -0.507 e. The number of hydrogen-bond acceptors (Lipinski definition) is 3. The molecule has 0 atom stereocenters. The Morgan fingerprint density at radius 3 is 2.25 bits per heavy atom. The normalized spacial score (nSPS) is 17.9. The Bertz CT molecular complexity index is 450. The highest BCUT2D eigenvalue weighted by molar-refractivity contribution is 5.83. The van der Waals surface area contributed by atoms with E-state index in [-0.39, 0.29) is 22.5 Å². The van der Waals surface area contributed by atoms with E-state index in [2.05, 4.69) is 6.92 Å². The standard InChI is InChI=1S/C17H24O3/c1-2-3-7-17(8-5-4-6-9-17)13-10-15(19)14(12-18)16(20)11-13/h10-12,19-20H,2-9H2,1H3. The molecule has 0 bridgehead atoms. The predicted molar refractivity (Wildman–Crippen MR) is 79.4 cm³/mol. The van der Waals surface area contributed by atoms with Crippen LogP contribution in [0.4, 0.5) is 0 Å². The van der Waals surface area contributed by atoms with Gasteiger partial charge >= 0.3 is 0 Å². The number of aldehydes is 1. The van der Waals surface area contributed by atoms with Gasteiger partial charge < -0.3 is 10.2 Å². The summed E-state index contributed by atoms with van der Waals surface area (Å²) in [5.41, 5.74) is 1.05. The van der Waals surface area contributed by atoms with Gasteiger partial charge in [0.1, 0.15) is 11.5 Å². The molecule has 3 heteroatoms. The third-order valence-electron chi connectivity index (χ3n) is 4.69. The van der Waals surface area contributed by atoms with Crippen LogP contribution in [0.2, 0.25) is 0 Å². The first kappa shape index (κ1) is 14.9. The van der Waals surface area contributed by atoms with Gasteiger partial charge in [-0.3, -0.25) is 4.79 Å². The molecule has 110 valence electrons. The lowest BCUT2D eigenvalue weighted by Crippen LogP contribution is -2.29. The number of rotatable bonds is 5. The lowest BCUT2D eigenvalue weighted by atomic mass is 9.66. The molecule has 1 saturated carbocycles. The molecule has 0 amide bonds. The second-order valence-electron chi connectivity index (χ2n) is 5.99. The second-order valence-corrected chi connectivity index (χ2v) is 5.99. The van der Waals surface area contributed by atoms with Crippen LogP contribution in [0.15, 0.2) is 12.1 Å². The van der Waals surface area contributed by atoms with Gasteiger partial charge in [-0.25, -0.2) is 0 Å². The first-order chi connectivity index (χ1) is 9.63. The highest BCUT2D eigenvalue weighted by Gasteiger charge is 2.34. The molecule has 2 rings (SSSR count). The van der Waals surface area contributed by atoms with Gasteiger partial charge in [0, 0.05) is 0 Å². The maximum absolute atomic E-state index is 10.9. The molecule has 0 unspecified atom stereocenters. The van der Waals surface area contributed by atoms with E-state index in [9.17, 15) is 15.0 Å². The molecule has 3 nitrogen and oxygen atoms in total. The number of unbranched alkanes of at least 4 members (excludes halogenated alkanes) is 1. The molecular formula is C17H24O3. The van der Waals surface area contributed by atoms with E-state index in [1.807, 2.05) is 0 Å². The van der Waals surface area contributed by atoms with Crippen molar-refractivity contribution in [2.45, 2.75) is 63.7 Å². The number of carbonyl (C=O) groups excluding carboxylic acids is 1. The van der Waals surface area contributed by atoms with Gasteiger partial charge in [-0.15, -0.1) is 0 Å². The van der Waals surface area contributed by atoms with Crippen LogP contribution in [0.3, 0.4) is 0 Å². The van der Waals surface area contributed by atoms with E-state index < -0.39 is 0 Å². The lowest BCUT2D eigenvalue weighted by molar-refractivity contribution is 0.111. The van der Waals surface area contributed by atoms with Crippen molar-refractivity contribution >= 4 is 6.29 Å². The average molecular weight is 276 g/mol. The van der Waals surface area contributed by atoms with Crippen molar-refractivity contribution in [3.8, 4) is 11.5 Å². The largest absolute Gasteiger partial charge is 0.507 e. The van der Waals surface area contributed by atoms with Gasteiger partial charge in [-0.2, -0.15) is 0 Å². The molecule has 0 aromatic heterocycles. The third kappa shape index (κ3) is 2.82. The van der Waals surface area contributed by atoms with Crippen LogP contribution in [-0.2, 0) is 5.41 Å². The van der Waals surface area contributed by atoms with Gasteiger partial charge in [0.15, 0.2) is 6.29 Å². The van der Waals surface area contributed by atoms with Crippen LogP contribution in [0.5, 0.6) is 11.5 Å². The van der Waals surface area contributed by atoms with Crippen molar-refractivity contribution < 1.29 is 15.0 Å². The Morgan fingerprint density at radius 2 is 1.75 bits per heavy atom. The molecule has 1 aliphatic rings.